The van der Waals surface area contributed by atoms with Crippen molar-refractivity contribution in [1.29, 1.82) is 0 Å². The second kappa shape index (κ2) is 5.45. The summed E-state index contributed by atoms with van der Waals surface area (Å²) < 4.78 is 1.06. The lowest BCUT2D eigenvalue weighted by Gasteiger charge is -2.18. The van der Waals surface area contributed by atoms with Crippen LogP contribution in [0.15, 0.2) is 22.7 Å². The van der Waals surface area contributed by atoms with Gasteiger partial charge in [-0.1, -0.05) is 41.3 Å². The molecule has 1 aliphatic rings. The zero-order chi connectivity index (χ0) is 13.2. The SMILES string of the molecule is Cc1ccc(-c2n[nH]c(C3CCCCC3)n2)c(Br)c1. The molecular formula is C15H18BrN3. The Bertz CT molecular complexity index is 571. The van der Waals surface area contributed by atoms with E-state index in [1.165, 1.54) is 37.7 Å². The Balaban J connectivity index is 1.87. The Morgan fingerprint density at radius 3 is 2.74 bits per heavy atom. The van der Waals surface area contributed by atoms with Crippen molar-refractivity contribution in [2.45, 2.75) is 44.9 Å². The second-order valence-electron chi connectivity index (χ2n) is 5.36. The van der Waals surface area contributed by atoms with E-state index in [1.807, 2.05) is 0 Å². The molecule has 2 aromatic rings. The van der Waals surface area contributed by atoms with E-state index in [9.17, 15) is 0 Å². The minimum atomic E-state index is 0.569. The largest absolute Gasteiger partial charge is 0.262 e. The second-order valence-corrected chi connectivity index (χ2v) is 6.22. The average Bonchev–Trinajstić information content (AvgIpc) is 2.89. The van der Waals surface area contributed by atoms with Crippen LogP contribution in [0, 0.1) is 6.92 Å². The first-order valence-electron chi connectivity index (χ1n) is 6.93. The van der Waals surface area contributed by atoms with Crippen LogP contribution in [0.1, 0.15) is 49.4 Å². The fourth-order valence-corrected chi connectivity index (χ4v) is 3.43. The number of benzene rings is 1. The van der Waals surface area contributed by atoms with Gasteiger partial charge in [-0.2, -0.15) is 5.10 Å². The summed E-state index contributed by atoms with van der Waals surface area (Å²) in [4.78, 5) is 4.70. The molecular weight excluding hydrogens is 302 g/mol. The highest BCUT2D eigenvalue weighted by Gasteiger charge is 2.20. The zero-order valence-electron chi connectivity index (χ0n) is 11.1. The van der Waals surface area contributed by atoms with E-state index in [0.29, 0.717) is 5.92 Å². The van der Waals surface area contributed by atoms with Crippen molar-refractivity contribution in [2.75, 3.05) is 0 Å². The minimum absolute atomic E-state index is 0.569. The number of aromatic nitrogens is 3. The number of aromatic amines is 1. The maximum atomic E-state index is 4.70. The van der Waals surface area contributed by atoms with Crippen LogP contribution >= 0.6 is 15.9 Å². The van der Waals surface area contributed by atoms with Gasteiger partial charge in [0.1, 0.15) is 5.82 Å². The van der Waals surface area contributed by atoms with Gasteiger partial charge in [-0.15, -0.1) is 0 Å². The van der Waals surface area contributed by atoms with Crippen molar-refractivity contribution in [1.82, 2.24) is 15.2 Å². The first-order valence-corrected chi connectivity index (χ1v) is 7.72. The molecule has 0 amide bonds. The van der Waals surface area contributed by atoms with Gasteiger partial charge in [0.2, 0.25) is 0 Å². The van der Waals surface area contributed by atoms with E-state index in [4.69, 9.17) is 4.98 Å². The first-order chi connectivity index (χ1) is 9.24. The van der Waals surface area contributed by atoms with E-state index < -0.39 is 0 Å². The van der Waals surface area contributed by atoms with Crippen molar-refractivity contribution in [2.24, 2.45) is 0 Å². The smallest absolute Gasteiger partial charge is 0.182 e. The molecule has 1 fully saturated rings. The van der Waals surface area contributed by atoms with Gasteiger partial charge >= 0.3 is 0 Å². The van der Waals surface area contributed by atoms with Crippen LogP contribution in [0.4, 0.5) is 0 Å². The minimum Gasteiger partial charge on any atom is -0.262 e. The lowest BCUT2D eigenvalue weighted by Crippen LogP contribution is -2.06. The van der Waals surface area contributed by atoms with E-state index >= 15 is 0 Å². The van der Waals surface area contributed by atoms with Crippen LogP contribution in [-0.4, -0.2) is 15.2 Å². The molecule has 0 radical (unpaired) electrons. The first kappa shape index (κ1) is 12.9. The summed E-state index contributed by atoms with van der Waals surface area (Å²) in [7, 11) is 0. The molecule has 0 aliphatic heterocycles. The number of aryl methyl sites for hydroxylation is 1. The van der Waals surface area contributed by atoms with E-state index in [0.717, 1.165) is 21.7 Å². The van der Waals surface area contributed by atoms with Gasteiger partial charge in [0, 0.05) is 16.0 Å². The van der Waals surface area contributed by atoms with Crippen molar-refractivity contribution < 1.29 is 0 Å². The molecule has 3 nitrogen and oxygen atoms in total. The van der Waals surface area contributed by atoms with E-state index in [-0.39, 0.29) is 0 Å². The molecule has 1 aliphatic carbocycles. The standard InChI is InChI=1S/C15H18BrN3/c1-10-7-8-12(13(16)9-10)15-17-14(18-19-15)11-5-3-2-4-6-11/h7-9,11H,2-6H2,1H3,(H,17,18,19). The van der Waals surface area contributed by atoms with Crippen LogP contribution in [-0.2, 0) is 0 Å². The van der Waals surface area contributed by atoms with Gasteiger partial charge in [0.15, 0.2) is 5.82 Å². The Morgan fingerprint density at radius 2 is 2.00 bits per heavy atom. The van der Waals surface area contributed by atoms with Gasteiger partial charge in [-0.3, -0.25) is 5.10 Å². The fourth-order valence-electron chi connectivity index (χ4n) is 2.75. The summed E-state index contributed by atoms with van der Waals surface area (Å²) >= 11 is 3.60. The normalized spacial score (nSPS) is 16.7. The molecule has 0 atom stereocenters. The summed E-state index contributed by atoms with van der Waals surface area (Å²) in [5.41, 5.74) is 2.29. The maximum absolute atomic E-state index is 4.70. The Labute approximate surface area is 122 Å². The van der Waals surface area contributed by atoms with Crippen LogP contribution in [0.5, 0.6) is 0 Å². The lowest BCUT2D eigenvalue weighted by molar-refractivity contribution is 0.429. The van der Waals surface area contributed by atoms with Crippen LogP contribution in [0.3, 0.4) is 0 Å². The van der Waals surface area contributed by atoms with Crippen LogP contribution in [0.2, 0.25) is 0 Å². The molecule has 1 aromatic heterocycles. The third-order valence-electron chi connectivity index (χ3n) is 3.86. The van der Waals surface area contributed by atoms with E-state index in [2.05, 4.69) is 51.3 Å². The van der Waals surface area contributed by atoms with Crippen molar-refractivity contribution in [3.8, 4) is 11.4 Å². The third-order valence-corrected chi connectivity index (χ3v) is 4.52. The van der Waals surface area contributed by atoms with Gasteiger partial charge in [0.25, 0.3) is 0 Å². The fraction of sp³-hybridized carbons (Fsp3) is 0.467. The lowest BCUT2D eigenvalue weighted by atomic mass is 9.89. The number of hydrogen-bond acceptors (Lipinski definition) is 2. The maximum Gasteiger partial charge on any atom is 0.182 e. The molecule has 3 rings (SSSR count). The Hall–Kier alpha value is -1.16. The number of rotatable bonds is 2. The molecule has 1 aromatic carbocycles. The van der Waals surface area contributed by atoms with Crippen molar-refractivity contribution >= 4 is 15.9 Å². The van der Waals surface area contributed by atoms with Crippen LogP contribution in [0.25, 0.3) is 11.4 Å². The van der Waals surface area contributed by atoms with Crippen molar-refractivity contribution in [3.63, 3.8) is 0 Å². The number of H-pyrrole nitrogens is 1. The molecule has 19 heavy (non-hydrogen) atoms. The summed E-state index contributed by atoms with van der Waals surface area (Å²) in [5, 5.41) is 7.52. The Morgan fingerprint density at radius 1 is 1.21 bits per heavy atom. The molecule has 100 valence electrons. The third kappa shape index (κ3) is 2.73. The molecule has 0 unspecified atom stereocenters. The number of halogens is 1. The molecule has 0 bridgehead atoms. The average molecular weight is 320 g/mol. The molecule has 0 spiro atoms. The molecule has 1 heterocycles. The van der Waals surface area contributed by atoms with Crippen molar-refractivity contribution in [3.05, 3.63) is 34.1 Å². The highest BCUT2D eigenvalue weighted by molar-refractivity contribution is 9.10. The van der Waals surface area contributed by atoms with E-state index in [1.54, 1.807) is 0 Å². The summed E-state index contributed by atoms with van der Waals surface area (Å²) in [6.45, 7) is 2.08. The summed E-state index contributed by atoms with van der Waals surface area (Å²) in [6.07, 6.45) is 6.47. The Kier molecular flexibility index (Phi) is 3.69. The summed E-state index contributed by atoms with van der Waals surface area (Å²) in [5.74, 6) is 2.42. The van der Waals surface area contributed by atoms with Gasteiger partial charge in [-0.25, -0.2) is 4.98 Å². The van der Waals surface area contributed by atoms with Gasteiger partial charge in [0.05, 0.1) is 0 Å². The topological polar surface area (TPSA) is 41.6 Å². The molecule has 1 saturated carbocycles. The highest BCUT2D eigenvalue weighted by atomic mass is 79.9. The molecule has 4 heteroatoms. The predicted octanol–water partition coefficient (Wildman–Crippen LogP) is 4.59. The predicted molar refractivity (Wildman–Crippen MR) is 80.1 cm³/mol. The monoisotopic (exact) mass is 319 g/mol. The highest BCUT2D eigenvalue weighted by Crippen LogP contribution is 2.32. The quantitative estimate of drug-likeness (QED) is 0.879. The zero-order valence-corrected chi connectivity index (χ0v) is 12.7. The number of nitrogens with zero attached hydrogens (tertiary/aromatic N) is 2. The van der Waals surface area contributed by atoms with Gasteiger partial charge in [-0.05, 0) is 37.5 Å². The molecule has 0 saturated heterocycles. The number of nitrogens with one attached hydrogen (secondary N) is 1. The number of hydrogen-bond donors (Lipinski definition) is 1. The van der Waals surface area contributed by atoms with Crippen LogP contribution < -0.4 is 0 Å². The van der Waals surface area contributed by atoms with Gasteiger partial charge < -0.3 is 0 Å². The summed E-state index contributed by atoms with van der Waals surface area (Å²) in [6, 6.07) is 6.27. The molecule has 1 N–H and O–H groups in total.